The number of non-ortho nitro benzene ring substituents is 1. The van der Waals surface area contributed by atoms with Crippen LogP contribution in [0.5, 0.6) is 0 Å². The van der Waals surface area contributed by atoms with E-state index in [0.717, 1.165) is 5.56 Å². The maximum Gasteiger partial charge on any atom is 0.331 e. The quantitative estimate of drug-likeness (QED) is 0.313. The Hall–Kier alpha value is -3.52. The van der Waals surface area contributed by atoms with Crippen LogP contribution in [-0.4, -0.2) is 41.3 Å². The van der Waals surface area contributed by atoms with E-state index < -0.39 is 35.3 Å². The Bertz CT molecular complexity index is 971. The first kappa shape index (κ1) is 19.8. The molecule has 8 heteroatoms. The molecule has 4 atom stereocenters. The van der Waals surface area contributed by atoms with Gasteiger partial charge >= 0.3 is 11.9 Å². The van der Waals surface area contributed by atoms with Crippen LogP contribution in [0.2, 0.25) is 0 Å². The standard InChI is InChI=1S/C22H19NO7/c24-19(11-8-14-6-9-16(10-7-14)23(26)27)29-21-17(12-15-4-2-1-3-5-15)28-18-13-20(25)30-22(18)21/h1-11,17-18,21-22H,12-13H2/b11-8+/t17-,18-,21+,22+/m1/s1. The molecule has 0 N–H and O–H groups in total. The van der Waals surface area contributed by atoms with E-state index in [1.54, 1.807) is 0 Å². The molecular formula is C22H19NO7. The number of carbonyl (C=O) groups excluding carboxylic acids is 2. The number of nitro groups is 1. The van der Waals surface area contributed by atoms with Crippen molar-refractivity contribution in [3.63, 3.8) is 0 Å². The van der Waals surface area contributed by atoms with Crippen molar-refractivity contribution < 1.29 is 28.7 Å². The third-order valence-electron chi connectivity index (χ3n) is 5.09. The summed E-state index contributed by atoms with van der Waals surface area (Å²) in [5.74, 6) is -0.978. The van der Waals surface area contributed by atoms with E-state index in [2.05, 4.69) is 0 Å². The second-order valence-electron chi connectivity index (χ2n) is 7.14. The highest BCUT2D eigenvalue weighted by molar-refractivity contribution is 5.87. The molecule has 2 heterocycles. The topological polar surface area (TPSA) is 105 Å². The number of hydrogen-bond donors (Lipinski definition) is 0. The van der Waals surface area contributed by atoms with Crippen LogP contribution in [0.25, 0.3) is 6.08 Å². The van der Waals surface area contributed by atoms with Crippen LogP contribution >= 0.6 is 0 Å². The van der Waals surface area contributed by atoms with E-state index in [4.69, 9.17) is 14.2 Å². The minimum atomic E-state index is -0.712. The summed E-state index contributed by atoms with van der Waals surface area (Å²) in [4.78, 5) is 34.3. The lowest BCUT2D eigenvalue weighted by Crippen LogP contribution is -2.37. The molecule has 0 amide bonds. The van der Waals surface area contributed by atoms with Crippen molar-refractivity contribution in [2.45, 2.75) is 37.3 Å². The number of fused-ring (bicyclic) bond motifs is 1. The molecule has 2 aliphatic rings. The number of carbonyl (C=O) groups is 2. The first-order valence-electron chi connectivity index (χ1n) is 9.51. The highest BCUT2D eigenvalue weighted by atomic mass is 16.6. The summed E-state index contributed by atoms with van der Waals surface area (Å²) in [6.45, 7) is 0. The predicted octanol–water partition coefficient (Wildman–Crippen LogP) is 2.85. The smallest absolute Gasteiger partial charge is 0.331 e. The van der Waals surface area contributed by atoms with Gasteiger partial charge in [0.25, 0.3) is 5.69 Å². The van der Waals surface area contributed by atoms with Gasteiger partial charge in [0, 0.05) is 24.6 Å². The molecule has 0 bridgehead atoms. The van der Waals surface area contributed by atoms with E-state index in [-0.39, 0.29) is 18.1 Å². The van der Waals surface area contributed by atoms with E-state index in [1.165, 1.54) is 36.4 Å². The highest BCUT2D eigenvalue weighted by Crippen LogP contribution is 2.35. The highest BCUT2D eigenvalue weighted by Gasteiger charge is 2.53. The molecule has 0 spiro atoms. The Morgan fingerprint density at radius 1 is 1.17 bits per heavy atom. The maximum absolute atomic E-state index is 12.4. The van der Waals surface area contributed by atoms with Crippen molar-refractivity contribution >= 4 is 23.7 Å². The summed E-state index contributed by atoms with van der Waals surface area (Å²) in [7, 11) is 0. The lowest BCUT2D eigenvalue weighted by molar-refractivity contribution is -0.384. The molecule has 2 fully saturated rings. The Balaban J connectivity index is 1.44. The van der Waals surface area contributed by atoms with Gasteiger partial charge in [-0.3, -0.25) is 14.9 Å². The van der Waals surface area contributed by atoms with Gasteiger partial charge in [0.15, 0.2) is 12.2 Å². The fourth-order valence-corrected chi connectivity index (χ4v) is 3.67. The zero-order chi connectivity index (χ0) is 21.1. The molecule has 0 radical (unpaired) electrons. The summed E-state index contributed by atoms with van der Waals surface area (Å²) >= 11 is 0. The average Bonchev–Trinajstić information content (AvgIpc) is 3.24. The number of benzene rings is 2. The lowest BCUT2D eigenvalue weighted by atomic mass is 10.0. The normalized spacial score (nSPS) is 25.1. The summed E-state index contributed by atoms with van der Waals surface area (Å²) in [6, 6.07) is 15.4. The number of hydrogen-bond acceptors (Lipinski definition) is 7. The molecule has 0 saturated carbocycles. The molecule has 2 aliphatic heterocycles. The van der Waals surface area contributed by atoms with Gasteiger partial charge in [0.05, 0.1) is 11.3 Å². The van der Waals surface area contributed by atoms with E-state index in [9.17, 15) is 19.7 Å². The first-order chi connectivity index (χ1) is 14.5. The van der Waals surface area contributed by atoms with Gasteiger partial charge in [-0.2, -0.15) is 0 Å². The minimum Gasteiger partial charge on any atom is -0.455 e. The SMILES string of the molecule is O=C(/C=C/c1ccc([N+](=O)[O-])cc1)O[C@@H]1[C@H]2OC(=O)C[C@H]2O[C@@H]1Cc1ccccc1. The fourth-order valence-electron chi connectivity index (χ4n) is 3.67. The summed E-state index contributed by atoms with van der Waals surface area (Å²) < 4.78 is 16.9. The Morgan fingerprint density at radius 3 is 2.60 bits per heavy atom. The first-order valence-corrected chi connectivity index (χ1v) is 9.51. The predicted molar refractivity (Wildman–Crippen MR) is 105 cm³/mol. The minimum absolute atomic E-state index is 0.0318. The van der Waals surface area contributed by atoms with Crippen molar-refractivity contribution in [3.05, 3.63) is 81.9 Å². The van der Waals surface area contributed by atoms with Crippen LogP contribution in [0, 0.1) is 10.1 Å². The summed E-state index contributed by atoms with van der Waals surface area (Å²) in [6.07, 6.45) is 1.23. The molecule has 0 unspecified atom stereocenters. The van der Waals surface area contributed by atoms with Crippen molar-refractivity contribution in [1.82, 2.24) is 0 Å². The van der Waals surface area contributed by atoms with Crippen LogP contribution in [0.4, 0.5) is 5.69 Å². The number of ether oxygens (including phenoxy) is 3. The Morgan fingerprint density at radius 2 is 1.90 bits per heavy atom. The largest absolute Gasteiger partial charge is 0.455 e. The van der Waals surface area contributed by atoms with E-state index in [0.29, 0.717) is 12.0 Å². The summed E-state index contributed by atoms with van der Waals surface area (Å²) in [5.41, 5.74) is 1.61. The number of nitrogens with zero attached hydrogens (tertiary/aromatic N) is 1. The van der Waals surface area contributed by atoms with Crippen LogP contribution in [0.3, 0.4) is 0 Å². The van der Waals surface area contributed by atoms with Crippen molar-refractivity contribution in [2.24, 2.45) is 0 Å². The molecule has 8 nitrogen and oxygen atoms in total. The van der Waals surface area contributed by atoms with Gasteiger partial charge in [0.1, 0.15) is 12.2 Å². The second kappa shape index (κ2) is 8.46. The van der Waals surface area contributed by atoms with Crippen LogP contribution in [0.1, 0.15) is 17.5 Å². The fraction of sp³-hybridized carbons (Fsp3) is 0.273. The van der Waals surface area contributed by atoms with Crippen molar-refractivity contribution in [3.8, 4) is 0 Å². The monoisotopic (exact) mass is 409 g/mol. The molecular weight excluding hydrogens is 390 g/mol. The number of rotatable bonds is 6. The van der Waals surface area contributed by atoms with E-state index in [1.807, 2.05) is 30.3 Å². The van der Waals surface area contributed by atoms with Gasteiger partial charge < -0.3 is 14.2 Å². The zero-order valence-electron chi connectivity index (χ0n) is 15.9. The molecule has 30 heavy (non-hydrogen) atoms. The Kier molecular flexibility index (Phi) is 5.58. The third kappa shape index (κ3) is 4.38. The molecule has 0 aliphatic carbocycles. The molecule has 2 saturated heterocycles. The third-order valence-corrected chi connectivity index (χ3v) is 5.09. The lowest BCUT2D eigenvalue weighted by Gasteiger charge is -2.21. The summed E-state index contributed by atoms with van der Waals surface area (Å²) in [5, 5.41) is 10.7. The molecule has 2 aromatic carbocycles. The van der Waals surface area contributed by atoms with Crippen molar-refractivity contribution in [2.75, 3.05) is 0 Å². The van der Waals surface area contributed by atoms with Gasteiger partial charge in [-0.25, -0.2) is 4.79 Å². The molecule has 0 aromatic heterocycles. The van der Waals surface area contributed by atoms with Gasteiger partial charge in [-0.15, -0.1) is 0 Å². The zero-order valence-corrected chi connectivity index (χ0v) is 15.9. The van der Waals surface area contributed by atoms with Crippen molar-refractivity contribution in [1.29, 1.82) is 0 Å². The number of nitro benzene ring substituents is 1. The Labute approximate surface area is 172 Å². The second-order valence-corrected chi connectivity index (χ2v) is 7.14. The molecule has 4 rings (SSSR count). The molecule has 2 aromatic rings. The number of esters is 2. The van der Waals surface area contributed by atoms with Gasteiger partial charge in [-0.05, 0) is 29.3 Å². The van der Waals surface area contributed by atoms with Gasteiger partial charge in [-0.1, -0.05) is 30.3 Å². The van der Waals surface area contributed by atoms with Crippen LogP contribution in [-0.2, 0) is 30.2 Å². The van der Waals surface area contributed by atoms with Gasteiger partial charge in [0.2, 0.25) is 0 Å². The van der Waals surface area contributed by atoms with Crippen LogP contribution in [0.15, 0.2) is 60.7 Å². The van der Waals surface area contributed by atoms with E-state index >= 15 is 0 Å². The average molecular weight is 409 g/mol. The maximum atomic E-state index is 12.4. The molecule has 154 valence electrons. The van der Waals surface area contributed by atoms with Crippen LogP contribution < -0.4 is 0 Å².